The fourth-order valence-corrected chi connectivity index (χ4v) is 7.97. The van der Waals surface area contributed by atoms with E-state index in [0.717, 1.165) is 53.7 Å². The van der Waals surface area contributed by atoms with Gasteiger partial charge < -0.3 is 10.3 Å². The largest absolute Gasteiger partial charge is 0.363 e. The van der Waals surface area contributed by atoms with Crippen LogP contribution in [-0.2, 0) is 0 Å². The Labute approximate surface area is 224 Å². The predicted molar refractivity (Wildman–Crippen MR) is 146 cm³/mol. The summed E-state index contributed by atoms with van der Waals surface area (Å²) in [7, 11) is 0. The summed E-state index contributed by atoms with van der Waals surface area (Å²) >= 11 is 13.0. The van der Waals surface area contributed by atoms with E-state index in [4.69, 9.17) is 33.6 Å². The fourth-order valence-electron chi connectivity index (χ4n) is 7.47. The minimum Gasteiger partial charge on any atom is -0.363 e. The van der Waals surface area contributed by atoms with Gasteiger partial charge in [-0.05, 0) is 86.1 Å². The van der Waals surface area contributed by atoms with Gasteiger partial charge in [0, 0.05) is 22.2 Å². The van der Waals surface area contributed by atoms with Crippen molar-refractivity contribution in [3.8, 4) is 28.5 Å². The standard InChI is InChI=1S/C29H25Cl2N5O/c30-21-5-6-22(23(31)10-21)26-27(34-29-12-17-7-18(13-29)9-19(8-17)14-29)35-36-25(37)11-24(33-28(26)36)20-3-1-16(15-32)2-4-20/h1-6,10-11,17-19,33H,7-9,12-14H2,(H,34,35). The second kappa shape index (κ2) is 8.37. The first-order chi connectivity index (χ1) is 17.9. The third-order valence-electron chi connectivity index (χ3n) is 8.56. The zero-order valence-corrected chi connectivity index (χ0v) is 21.6. The van der Waals surface area contributed by atoms with E-state index in [-0.39, 0.29) is 11.1 Å². The van der Waals surface area contributed by atoms with Crippen LogP contribution in [0.3, 0.4) is 0 Å². The number of anilines is 1. The zero-order valence-electron chi connectivity index (χ0n) is 20.1. The van der Waals surface area contributed by atoms with Crippen LogP contribution in [0.15, 0.2) is 53.3 Å². The Balaban J connectivity index is 1.41. The highest BCUT2D eigenvalue weighted by Crippen LogP contribution is 2.57. The number of aromatic amines is 1. The quantitative estimate of drug-likeness (QED) is 0.300. The minimum atomic E-state index is -0.238. The molecule has 4 aliphatic carbocycles. The smallest absolute Gasteiger partial charge is 0.274 e. The lowest BCUT2D eigenvalue weighted by atomic mass is 9.53. The van der Waals surface area contributed by atoms with Gasteiger partial charge in [0.25, 0.3) is 5.56 Å². The molecule has 0 radical (unpaired) electrons. The molecule has 8 rings (SSSR count). The van der Waals surface area contributed by atoms with Gasteiger partial charge >= 0.3 is 0 Å². The van der Waals surface area contributed by atoms with E-state index in [2.05, 4.69) is 16.4 Å². The number of hydrogen-bond acceptors (Lipinski definition) is 4. The fraction of sp³-hybridized carbons (Fsp3) is 0.345. The van der Waals surface area contributed by atoms with Crippen molar-refractivity contribution in [1.29, 1.82) is 5.26 Å². The van der Waals surface area contributed by atoms with Gasteiger partial charge in [-0.25, -0.2) is 0 Å². The zero-order chi connectivity index (χ0) is 25.3. The lowest BCUT2D eigenvalue weighted by Crippen LogP contribution is -2.54. The number of rotatable bonds is 4. The van der Waals surface area contributed by atoms with Gasteiger partial charge in [-0.2, -0.15) is 9.78 Å². The summed E-state index contributed by atoms with van der Waals surface area (Å²) in [6, 6.07) is 16.2. The van der Waals surface area contributed by atoms with Crippen LogP contribution in [0.1, 0.15) is 44.1 Å². The molecular formula is C29H25Cl2N5O. The number of hydrogen-bond donors (Lipinski definition) is 2. The average Bonchev–Trinajstić information content (AvgIpc) is 3.21. The highest BCUT2D eigenvalue weighted by atomic mass is 35.5. The van der Waals surface area contributed by atoms with Crippen LogP contribution >= 0.6 is 23.2 Å². The highest BCUT2D eigenvalue weighted by molar-refractivity contribution is 6.36. The molecule has 186 valence electrons. The Kier molecular flexibility index (Phi) is 5.18. The molecule has 0 unspecified atom stereocenters. The summed E-state index contributed by atoms with van der Waals surface area (Å²) in [5.41, 5.74) is 3.89. The van der Waals surface area contributed by atoms with E-state index in [1.54, 1.807) is 24.3 Å². The molecular weight excluding hydrogens is 505 g/mol. The Bertz CT molecular complexity index is 1610. The van der Waals surface area contributed by atoms with Crippen molar-refractivity contribution < 1.29 is 0 Å². The molecule has 4 aliphatic rings. The lowest BCUT2D eigenvalue weighted by Gasteiger charge is -2.57. The second-order valence-electron chi connectivity index (χ2n) is 11.1. The maximum Gasteiger partial charge on any atom is 0.274 e. The highest BCUT2D eigenvalue weighted by Gasteiger charge is 2.51. The van der Waals surface area contributed by atoms with E-state index in [9.17, 15) is 4.79 Å². The summed E-state index contributed by atoms with van der Waals surface area (Å²) in [5.74, 6) is 2.98. The molecule has 37 heavy (non-hydrogen) atoms. The van der Waals surface area contributed by atoms with Gasteiger partial charge in [0.15, 0.2) is 5.82 Å². The van der Waals surface area contributed by atoms with Crippen molar-refractivity contribution in [2.75, 3.05) is 5.32 Å². The van der Waals surface area contributed by atoms with E-state index >= 15 is 0 Å². The number of H-pyrrole nitrogens is 1. The SMILES string of the molecule is N#Cc1ccc(-c2cc(=O)n3nc(NC45CC6CC(CC(C6)C4)C5)c(-c4ccc(Cl)cc4Cl)c3[nH]2)cc1. The molecule has 2 aromatic carbocycles. The molecule has 6 nitrogen and oxygen atoms in total. The van der Waals surface area contributed by atoms with Crippen LogP contribution in [0.25, 0.3) is 28.0 Å². The van der Waals surface area contributed by atoms with Crippen LogP contribution in [0.5, 0.6) is 0 Å². The van der Waals surface area contributed by atoms with Crippen molar-refractivity contribution in [3.63, 3.8) is 0 Å². The van der Waals surface area contributed by atoms with Crippen molar-refractivity contribution in [2.24, 2.45) is 17.8 Å². The summed E-state index contributed by atoms with van der Waals surface area (Å²) in [6.45, 7) is 0. The van der Waals surface area contributed by atoms with Crippen molar-refractivity contribution in [1.82, 2.24) is 14.6 Å². The number of nitrogens with zero attached hydrogens (tertiary/aromatic N) is 3. The molecule has 8 heteroatoms. The Morgan fingerprint density at radius 3 is 2.30 bits per heavy atom. The first kappa shape index (κ1) is 22.9. The van der Waals surface area contributed by atoms with E-state index in [1.165, 1.54) is 23.8 Å². The summed E-state index contributed by atoms with van der Waals surface area (Å²) in [6.07, 6.45) is 7.46. The Hall–Kier alpha value is -3.27. The number of fused-ring (bicyclic) bond motifs is 1. The molecule has 4 bridgehead atoms. The Morgan fingerprint density at radius 1 is 1.00 bits per heavy atom. The number of aromatic nitrogens is 3. The second-order valence-corrected chi connectivity index (χ2v) is 12.0. The number of nitriles is 1. The third kappa shape index (κ3) is 3.84. The van der Waals surface area contributed by atoms with Crippen LogP contribution in [0.4, 0.5) is 5.82 Å². The monoisotopic (exact) mass is 529 g/mol. The summed E-state index contributed by atoms with van der Waals surface area (Å²) < 4.78 is 1.43. The molecule has 0 saturated heterocycles. The molecule has 2 aromatic heterocycles. The van der Waals surface area contributed by atoms with Gasteiger partial charge in [-0.3, -0.25) is 4.79 Å². The predicted octanol–water partition coefficient (Wildman–Crippen LogP) is 6.92. The number of benzene rings is 2. The molecule has 0 spiro atoms. The van der Waals surface area contributed by atoms with Gasteiger partial charge in [0.05, 0.1) is 27.9 Å². The first-order valence-corrected chi connectivity index (χ1v) is 13.6. The normalized spacial score (nSPS) is 25.9. The van der Waals surface area contributed by atoms with Crippen LogP contribution in [-0.4, -0.2) is 20.1 Å². The number of nitrogens with one attached hydrogen (secondary N) is 2. The summed E-state index contributed by atoms with van der Waals surface area (Å²) in [5, 5.41) is 18.9. The average molecular weight is 530 g/mol. The lowest BCUT2D eigenvalue weighted by molar-refractivity contribution is 0.0105. The van der Waals surface area contributed by atoms with Crippen LogP contribution in [0.2, 0.25) is 10.0 Å². The van der Waals surface area contributed by atoms with Crippen LogP contribution < -0.4 is 10.9 Å². The van der Waals surface area contributed by atoms with E-state index in [1.807, 2.05) is 24.3 Å². The minimum absolute atomic E-state index is 0.000654. The first-order valence-electron chi connectivity index (χ1n) is 12.8. The van der Waals surface area contributed by atoms with Gasteiger partial charge in [-0.1, -0.05) is 41.4 Å². The number of halogens is 2. The molecule has 4 saturated carbocycles. The van der Waals surface area contributed by atoms with E-state index in [0.29, 0.717) is 32.8 Å². The third-order valence-corrected chi connectivity index (χ3v) is 9.11. The van der Waals surface area contributed by atoms with Gasteiger partial charge in [-0.15, -0.1) is 5.10 Å². The molecule has 0 atom stereocenters. The van der Waals surface area contributed by atoms with Crippen molar-refractivity contribution in [3.05, 3.63) is 74.5 Å². The molecule has 0 aliphatic heterocycles. The molecule has 0 amide bonds. The molecule has 2 heterocycles. The molecule has 4 aromatic rings. The molecule has 2 N–H and O–H groups in total. The van der Waals surface area contributed by atoms with E-state index < -0.39 is 0 Å². The maximum atomic E-state index is 13.3. The summed E-state index contributed by atoms with van der Waals surface area (Å²) in [4.78, 5) is 16.8. The van der Waals surface area contributed by atoms with Crippen molar-refractivity contribution >= 4 is 34.7 Å². The van der Waals surface area contributed by atoms with Crippen molar-refractivity contribution in [2.45, 2.75) is 44.1 Å². The van der Waals surface area contributed by atoms with Crippen LogP contribution in [0, 0.1) is 29.1 Å². The molecule has 4 fully saturated rings. The van der Waals surface area contributed by atoms with Gasteiger partial charge in [0.2, 0.25) is 0 Å². The Morgan fingerprint density at radius 2 is 1.68 bits per heavy atom. The van der Waals surface area contributed by atoms with Gasteiger partial charge in [0.1, 0.15) is 5.65 Å². The topological polar surface area (TPSA) is 86.0 Å². The maximum absolute atomic E-state index is 13.3.